The molecule has 8 heteroatoms. The third-order valence-electron chi connectivity index (χ3n) is 4.55. The number of carbonyl (C=O) groups excluding carboxylic acids is 1. The minimum atomic E-state index is -0.555. The minimum absolute atomic E-state index is 0.147. The first kappa shape index (κ1) is 21.4. The van der Waals surface area contributed by atoms with Gasteiger partial charge < -0.3 is 18.6 Å². The smallest absolute Gasteiger partial charge is 0.338 e. The van der Waals surface area contributed by atoms with Gasteiger partial charge in [0.2, 0.25) is 5.89 Å². The second-order valence-corrected chi connectivity index (χ2v) is 7.10. The molecular weight excluding hydrogens is 432 g/mol. The Kier molecular flexibility index (Phi) is 6.67. The predicted octanol–water partition coefficient (Wildman–Crippen LogP) is 5.33. The molecule has 0 saturated carbocycles. The summed E-state index contributed by atoms with van der Waals surface area (Å²) in [5.74, 6) is 0.881. The van der Waals surface area contributed by atoms with Crippen molar-refractivity contribution in [3.8, 4) is 23.0 Å². The minimum Gasteiger partial charge on any atom is -0.493 e. The lowest BCUT2D eigenvalue weighted by Gasteiger charge is -2.12. The van der Waals surface area contributed by atoms with E-state index in [2.05, 4.69) is 10.2 Å². The van der Waals surface area contributed by atoms with Crippen molar-refractivity contribution in [2.45, 2.75) is 13.2 Å². The summed E-state index contributed by atoms with van der Waals surface area (Å²) in [6, 6.07) is 21.5. The number of benzene rings is 3. The number of esters is 1. The van der Waals surface area contributed by atoms with E-state index in [1.165, 1.54) is 7.11 Å². The quantitative estimate of drug-likeness (QED) is 0.335. The zero-order chi connectivity index (χ0) is 22.3. The summed E-state index contributed by atoms with van der Waals surface area (Å²) in [6.07, 6.45) is 0. The molecule has 0 aliphatic carbocycles. The van der Waals surface area contributed by atoms with Crippen molar-refractivity contribution in [3.63, 3.8) is 0 Å². The van der Waals surface area contributed by atoms with Gasteiger partial charge in [-0.15, -0.1) is 10.2 Å². The number of halogens is 1. The van der Waals surface area contributed by atoms with Gasteiger partial charge in [-0.3, -0.25) is 0 Å². The molecule has 0 aliphatic heterocycles. The van der Waals surface area contributed by atoms with Crippen LogP contribution in [0, 0.1) is 0 Å². The molecule has 0 fully saturated rings. The number of methoxy groups -OCH3 is 1. The number of aromatic nitrogens is 2. The fourth-order valence-corrected chi connectivity index (χ4v) is 3.09. The van der Waals surface area contributed by atoms with Gasteiger partial charge in [0.05, 0.1) is 12.7 Å². The van der Waals surface area contributed by atoms with Crippen LogP contribution in [0.15, 0.2) is 77.2 Å². The maximum absolute atomic E-state index is 12.5. The van der Waals surface area contributed by atoms with E-state index < -0.39 is 5.97 Å². The van der Waals surface area contributed by atoms with Crippen LogP contribution in [-0.4, -0.2) is 23.3 Å². The van der Waals surface area contributed by atoms with E-state index in [0.29, 0.717) is 28.0 Å². The Morgan fingerprint density at radius 2 is 1.72 bits per heavy atom. The van der Waals surface area contributed by atoms with Crippen LogP contribution in [0.5, 0.6) is 11.5 Å². The summed E-state index contributed by atoms with van der Waals surface area (Å²) < 4.78 is 22.0. The van der Waals surface area contributed by atoms with E-state index in [-0.39, 0.29) is 19.1 Å². The second-order valence-electron chi connectivity index (χ2n) is 6.69. The Labute approximate surface area is 189 Å². The highest BCUT2D eigenvalue weighted by Gasteiger charge is 2.15. The van der Waals surface area contributed by atoms with Gasteiger partial charge in [0.1, 0.15) is 6.61 Å². The van der Waals surface area contributed by atoms with Gasteiger partial charge in [0, 0.05) is 16.1 Å². The van der Waals surface area contributed by atoms with Crippen molar-refractivity contribution in [1.29, 1.82) is 0 Å². The Hall–Kier alpha value is -3.84. The predicted molar refractivity (Wildman–Crippen MR) is 118 cm³/mol. The number of carbonyl (C=O) groups is 1. The lowest BCUT2D eigenvalue weighted by atomic mass is 10.2. The molecule has 4 aromatic rings. The van der Waals surface area contributed by atoms with Crippen molar-refractivity contribution in [2.75, 3.05) is 7.11 Å². The molecule has 0 aliphatic rings. The lowest BCUT2D eigenvalue weighted by Crippen LogP contribution is -2.06. The molecule has 32 heavy (non-hydrogen) atoms. The molecule has 7 nitrogen and oxygen atoms in total. The Balaban J connectivity index is 1.38. The van der Waals surface area contributed by atoms with Gasteiger partial charge in [-0.2, -0.15) is 0 Å². The molecule has 0 radical (unpaired) electrons. The van der Waals surface area contributed by atoms with E-state index in [0.717, 1.165) is 11.1 Å². The molecule has 1 aromatic heterocycles. The molecule has 0 saturated heterocycles. The van der Waals surface area contributed by atoms with E-state index in [4.69, 9.17) is 30.2 Å². The van der Waals surface area contributed by atoms with Crippen LogP contribution in [-0.2, 0) is 18.0 Å². The van der Waals surface area contributed by atoms with E-state index in [9.17, 15) is 4.79 Å². The molecule has 3 aromatic carbocycles. The number of hydrogen-bond donors (Lipinski definition) is 0. The summed E-state index contributed by atoms with van der Waals surface area (Å²) in [5.41, 5.74) is 1.93. The zero-order valence-electron chi connectivity index (χ0n) is 17.2. The van der Waals surface area contributed by atoms with E-state index in [1.54, 1.807) is 24.3 Å². The van der Waals surface area contributed by atoms with Gasteiger partial charge in [0.15, 0.2) is 18.1 Å². The fraction of sp³-hybridized carbons (Fsp3) is 0.125. The normalized spacial score (nSPS) is 10.6. The van der Waals surface area contributed by atoms with Crippen molar-refractivity contribution in [3.05, 3.63) is 94.8 Å². The maximum atomic E-state index is 12.5. The Morgan fingerprint density at radius 1 is 0.938 bits per heavy atom. The highest BCUT2D eigenvalue weighted by molar-refractivity contribution is 6.31. The largest absolute Gasteiger partial charge is 0.493 e. The first-order valence-corrected chi connectivity index (χ1v) is 10.1. The van der Waals surface area contributed by atoms with Crippen LogP contribution in [0.25, 0.3) is 11.5 Å². The van der Waals surface area contributed by atoms with E-state index >= 15 is 0 Å². The summed E-state index contributed by atoms with van der Waals surface area (Å²) in [7, 11) is 1.50. The molecule has 0 N–H and O–H groups in total. The third-order valence-corrected chi connectivity index (χ3v) is 4.92. The van der Waals surface area contributed by atoms with Crippen molar-refractivity contribution in [2.24, 2.45) is 0 Å². The van der Waals surface area contributed by atoms with Crippen LogP contribution in [0.3, 0.4) is 0 Å². The fourth-order valence-electron chi connectivity index (χ4n) is 2.90. The lowest BCUT2D eigenvalue weighted by molar-refractivity contribution is 0.0438. The molecule has 0 unspecified atom stereocenters. The number of hydrogen-bond acceptors (Lipinski definition) is 7. The van der Waals surface area contributed by atoms with Crippen LogP contribution in [0.1, 0.15) is 21.8 Å². The van der Waals surface area contributed by atoms with Crippen LogP contribution in [0.2, 0.25) is 5.02 Å². The summed E-state index contributed by atoms with van der Waals surface area (Å²) in [6.45, 7) is 0.118. The monoisotopic (exact) mass is 450 g/mol. The standard InChI is InChI=1S/C24H19ClN2O5/c1-29-21-13-17(11-12-20(21)30-14-18-9-5-6-10-19(18)25)24(28)31-15-22-26-27-23(32-22)16-7-3-2-4-8-16/h2-13H,14-15H2,1H3. The molecule has 1 heterocycles. The number of nitrogens with zero attached hydrogens (tertiary/aromatic N) is 2. The maximum Gasteiger partial charge on any atom is 0.338 e. The molecule has 0 bridgehead atoms. The van der Waals surface area contributed by atoms with Crippen molar-refractivity contribution < 1.29 is 23.4 Å². The summed E-state index contributed by atoms with van der Waals surface area (Å²) in [4.78, 5) is 12.5. The Bertz CT molecular complexity index is 1210. The third kappa shape index (κ3) is 5.07. The average molecular weight is 451 g/mol. The topological polar surface area (TPSA) is 83.7 Å². The number of ether oxygens (including phenoxy) is 3. The molecule has 4 rings (SSSR count). The molecule has 0 spiro atoms. The molecule has 162 valence electrons. The van der Waals surface area contributed by atoms with Crippen LogP contribution in [0.4, 0.5) is 0 Å². The van der Waals surface area contributed by atoms with E-state index in [1.807, 2.05) is 48.5 Å². The average Bonchev–Trinajstić information content (AvgIpc) is 3.31. The zero-order valence-corrected chi connectivity index (χ0v) is 17.9. The van der Waals surface area contributed by atoms with Gasteiger partial charge in [-0.1, -0.05) is 48.0 Å². The van der Waals surface area contributed by atoms with Gasteiger partial charge in [-0.25, -0.2) is 4.79 Å². The van der Waals surface area contributed by atoms with Crippen LogP contribution >= 0.6 is 11.6 Å². The van der Waals surface area contributed by atoms with Gasteiger partial charge in [-0.05, 0) is 36.4 Å². The second kappa shape index (κ2) is 9.98. The van der Waals surface area contributed by atoms with Crippen molar-refractivity contribution >= 4 is 17.6 Å². The first-order valence-electron chi connectivity index (χ1n) is 9.73. The highest BCUT2D eigenvalue weighted by Crippen LogP contribution is 2.30. The Morgan fingerprint density at radius 3 is 2.50 bits per heavy atom. The van der Waals surface area contributed by atoms with Gasteiger partial charge >= 0.3 is 5.97 Å². The number of rotatable bonds is 8. The van der Waals surface area contributed by atoms with Gasteiger partial charge in [0.25, 0.3) is 5.89 Å². The highest BCUT2D eigenvalue weighted by atomic mass is 35.5. The summed E-state index contributed by atoms with van der Waals surface area (Å²) in [5, 5.41) is 8.50. The SMILES string of the molecule is COc1cc(C(=O)OCc2nnc(-c3ccccc3)o2)ccc1OCc1ccccc1Cl. The molecule has 0 atom stereocenters. The molecule has 0 amide bonds. The van der Waals surface area contributed by atoms with Crippen molar-refractivity contribution in [1.82, 2.24) is 10.2 Å². The first-order chi connectivity index (χ1) is 15.6. The summed E-state index contributed by atoms with van der Waals surface area (Å²) >= 11 is 6.16. The molecular formula is C24H19ClN2O5. The van der Waals surface area contributed by atoms with Crippen LogP contribution < -0.4 is 9.47 Å².